The monoisotopic (exact) mass is 463 g/mol. The first-order chi connectivity index (χ1) is 15.8. The maximum atomic E-state index is 13.4. The maximum absolute atomic E-state index is 13.4. The SMILES string of the molecule is Cc1ccc(N(CCN2C(=O)c3ccccc3C2=O)C(=O)c2ccc([N+](=O)[O-])cc2Cl)cc1. The number of nitrogens with zero attached hydrogens (tertiary/aromatic N) is 3. The van der Waals surface area contributed by atoms with Gasteiger partial charge in [-0.3, -0.25) is 29.4 Å². The van der Waals surface area contributed by atoms with Gasteiger partial charge in [0.15, 0.2) is 0 Å². The highest BCUT2D eigenvalue weighted by atomic mass is 35.5. The lowest BCUT2D eigenvalue weighted by Gasteiger charge is -2.25. The minimum atomic E-state index is -0.597. The highest BCUT2D eigenvalue weighted by molar-refractivity contribution is 6.34. The molecule has 0 saturated carbocycles. The molecule has 166 valence electrons. The molecule has 0 N–H and O–H groups in total. The highest BCUT2D eigenvalue weighted by Gasteiger charge is 2.35. The van der Waals surface area contributed by atoms with E-state index in [0.29, 0.717) is 16.8 Å². The fourth-order valence-corrected chi connectivity index (χ4v) is 3.91. The second kappa shape index (κ2) is 8.84. The standard InChI is InChI=1S/C24H18ClN3O5/c1-15-6-8-16(9-7-15)26(24(31)20-11-10-17(28(32)33)14-21(20)25)12-13-27-22(29)18-4-2-3-5-19(18)23(27)30/h2-11,14H,12-13H2,1H3. The van der Waals surface area contributed by atoms with Crippen LogP contribution in [0, 0.1) is 17.0 Å². The zero-order valence-electron chi connectivity index (χ0n) is 17.5. The Morgan fingerprint density at radius 2 is 1.61 bits per heavy atom. The second-order valence-electron chi connectivity index (χ2n) is 7.52. The van der Waals surface area contributed by atoms with Gasteiger partial charge in [-0.1, -0.05) is 41.4 Å². The number of rotatable bonds is 6. The van der Waals surface area contributed by atoms with E-state index >= 15 is 0 Å². The number of halogens is 1. The number of nitro benzene ring substituents is 1. The molecule has 4 rings (SSSR count). The van der Waals surface area contributed by atoms with E-state index in [-0.39, 0.29) is 29.4 Å². The number of aryl methyl sites for hydroxylation is 1. The molecule has 0 atom stereocenters. The van der Waals surface area contributed by atoms with E-state index < -0.39 is 22.6 Å². The Kier molecular flexibility index (Phi) is 5.93. The average Bonchev–Trinajstić information content (AvgIpc) is 3.05. The van der Waals surface area contributed by atoms with E-state index in [4.69, 9.17) is 11.6 Å². The van der Waals surface area contributed by atoms with Crippen molar-refractivity contribution in [1.82, 2.24) is 4.90 Å². The molecule has 0 saturated heterocycles. The molecule has 3 aromatic rings. The van der Waals surface area contributed by atoms with Gasteiger partial charge in [-0.15, -0.1) is 0 Å². The van der Waals surface area contributed by atoms with E-state index in [0.717, 1.165) is 16.5 Å². The van der Waals surface area contributed by atoms with Crippen LogP contribution in [0.1, 0.15) is 36.6 Å². The Labute approximate surface area is 194 Å². The third-order valence-electron chi connectivity index (χ3n) is 5.41. The molecule has 33 heavy (non-hydrogen) atoms. The zero-order chi connectivity index (χ0) is 23.7. The van der Waals surface area contributed by atoms with Crippen LogP contribution in [0.25, 0.3) is 0 Å². The normalized spacial score (nSPS) is 12.6. The molecular formula is C24H18ClN3O5. The summed E-state index contributed by atoms with van der Waals surface area (Å²) in [6.07, 6.45) is 0. The summed E-state index contributed by atoms with van der Waals surface area (Å²) in [4.78, 5) is 51.7. The smallest absolute Gasteiger partial charge is 0.270 e. The number of hydrogen-bond acceptors (Lipinski definition) is 5. The summed E-state index contributed by atoms with van der Waals surface area (Å²) in [5.41, 5.74) is 2.02. The number of amides is 3. The fourth-order valence-electron chi connectivity index (χ4n) is 3.65. The minimum absolute atomic E-state index is 0.0146. The van der Waals surface area contributed by atoms with E-state index in [1.807, 2.05) is 19.1 Å². The molecule has 0 fully saturated rings. The molecule has 0 bridgehead atoms. The number of fused-ring (bicyclic) bond motifs is 1. The molecule has 0 aliphatic carbocycles. The molecule has 0 radical (unpaired) electrons. The van der Waals surface area contributed by atoms with Crippen LogP contribution in [0.3, 0.4) is 0 Å². The molecule has 1 aliphatic rings. The van der Waals surface area contributed by atoms with E-state index in [2.05, 4.69) is 0 Å². The molecule has 3 amide bonds. The Morgan fingerprint density at radius 1 is 1.00 bits per heavy atom. The van der Waals surface area contributed by atoms with Crippen LogP contribution in [-0.4, -0.2) is 40.6 Å². The predicted molar refractivity (Wildman–Crippen MR) is 123 cm³/mol. The lowest BCUT2D eigenvalue weighted by atomic mass is 10.1. The van der Waals surface area contributed by atoms with Crippen molar-refractivity contribution in [3.8, 4) is 0 Å². The van der Waals surface area contributed by atoms with Crippen molar-refractivity contribution < 1.29 is 19.3 Å². The maximum Gasteiger partial charge on any atom is 0.270 e. The molecule has 9 heteroatoms. The summed E-state index contributed by atoms with van der Waals surface area (Å²) >= 11 is 6.19. The van der Waals surface area contributed by atoms with E-state index in [9.17, 15) is 24.5 Å². The largest absolute Gasteiger partial charge is 0.307 e. The van der Waals surface area contributed by atoms with Gasteiger partial charge in [0.2, 0.25) is 0 Å². The summed E-state index contributed by atoms with van der Waals surface area (Å²) in [5.74, 6) is -1.34. The molecule has 0 unspecified atom stereocenters. The Balaban J connectivity index is 1.63. The number of nitro groups is 1. The van der Waals surface area contributed by atoms with Gasteiger partial charge >= 0.3 is 0 Å². The number of imide groups is 1. The molecular weight excluding hydrogens is 446 g/mol. The van der Waals surface area contributed by atoms with Crippen LogP contribution in [0.15, 0.2) is 66.7 Å². The molecule has 1 heterocycles. The third-order valence-corrected chi connectivity index (χ3v) is 5.72. The quantitative estimate of drug-likeness (QED) is 0.304. The number of anilines is 1. The number of benzene rings is 3. The van der Waals surface area contributed by atoms with Crippen LogP contribution in [0.5, 0.6) is 0 Å². The summed E-state index contributed by atoms with van der Waals surface area (Å²) in [5, 5.41) is 10.9. The van der Waals surface area contributed by atoms with Gasteiger partial charge in [-0.05, 0) is 37.3 Å². The van der Waals surface area contributed by atoms with Crippen LogP contribution in [-0.2, 0) is 0 Å². The van der Waals surface area contributed by atoms with Crippen molar-refractivity contribution in [1.29, 1.82) is 0 Å². The van der Waals surface area contributed by atoms with Crippen molar-refractivity contribution in [2.24, 2.45) is 0 Å². The molecule has 1 aliphatic heterocycles. The van der Waals surface area contributed by atoms with Gasteiger partial charge in [0.05, 0.1) is 26.6 Å². The molecule has 3 aromatic carbocycles. The first kappa shape index (κ1) is 22.2. The van der Waals surface area contributed by atoms with Crippen molar-refractivity contribution in [3.05, 3.63) is 104 Å². The first-order valence-electron chi connectivity index (χ1n) is 10.1. The lowest BCUT2D eigenvalue weighted by molar-refractivity contribution is -0.384. The summed E-state index contributed by atoms with van der Waals surface area (Å²) < 4.78 is 0. The summed E-state index contributed by atoms with van der Waals surface area (Å²) in [6.45, 7) is 1.89. The van der Waals surface area contributed by atoms with Gasteiger partial charge in [0.1, 0.15) is 0 Å². The zero-order valence-corrected chi connectivity index (χ0v) is 18.3. The fraction of sp³-hybridized carbons (Fsp3) is 0.125. The predicted octanol–water partition coefficient (Wildman–Crippen LogP) is 4.50. The molecule has 0 spiro atoms. The summed E-state index contributed by atoms with van der Waals surface area (Å²) in [7, 11) is 0. The van der Waals surface area contributed by atoms with Crippen molar-refractivity contribution in [3.63, 3.8) is 0 Å². The average molecular weight is 464 g/mol. The molecule has 8 nitrogen and oxygen atoms in total. The van der Waals surface area contributed by atoms with Gasteiger partial charge in [0, 0.05) is 30.9 Å². The van der Waals surface area contributed by atoms with Gasteiger partial charge in [-0.2, -0.15) is 0 Å². The first-order valence-corrected chi connectivity index (χ1v) is 10.4. The Morgan fingerprint density at radius 3 is 2.15 bits per heavy atom. The topological polar surface area (TPSA) is 101 Å². The summed E-state index contributed by atoms with van der Waals surface area (Å²) in [6, 6.07) is 17.3. The van der Waals surface area contributed by atoms with Crippen molar-refractivity contribution in [2.45, 2.75) is 6.92 Å². The van der Waals surface area contributed by atoms with E-state index in [1.165, 1.54) is 17.0 Å². The number of hydrogen-bond donors (Lipinski definition) is 0. The van der Waals surface area contributed by atoms with Crippen LogP contribution in [0.2, 0.25) is 5.02 Å². The Hall–Kier alpha value is -4.04. The number of carbonyl (C=O) groups excluding carboxylic acids is 3. The highest BCUT2D eigenvalue weighted by Crippen LogP contribution is 2.27. The molecule has 0 aromatic heterocycles. The van der Waals surface area contributed by atoms with E-state index in [1.54, 1.807) is 36.4 Å². The van der Waals surface area contributed by atoms with Crippen LogP contribution >= 0.6 is 11.6 Å². The van der Waals surface area contributed by atoms with Crippen molar-refractivity contribution >= 4 is 40.7 Å². The van der Waals surface area contributed by atoms with Crippen molar-refractivity contribution in [2.75, 3.05) is 18.0 Å². The van der Waals surface area contributed by atoms with Gasteiger partial charge in [-0.25, -0.2) is 0 Å². The number of non-ortho nitro benzene ring substituents is 1. The van der Waals surface area contributed by atoms with Gasteiger partial charge < -0.3 is 4.90 Å². The third kappa shape index (κ3) is 4.20. The van der Waals surface area contributed by atoms with Crippen LogP contribution < -0.4 is 4.90 Å². The second-order valence-corrected chi connectivity index (χ2v) is 7.93. The minimum Gasteiger partial charge on any atom is -0.307 e. The lowest BCUT2D eigenvalue weighted by Crippen LogP contribution is -2.41. The number of carbonyl (C=O) groups is 3. The van der Waals surface area contributed by atoms with Gasteiger partial charge in [0.25, 0.3) is 23.4 Å². The Bertz CT molecular complexity index is 1250. The van der Waals surface area contributed by atoms with Crippen LogP contribution in [0.4, 0.5) is 11.4 Å².